The number of fused-ring (bicyclic) bond motifs is 3. The van der Waals surface area contributed by atoms with E-state index >= 15 is 0 Å². The lowest BCUT2D eigenvalue weighted by molar-refractivity contribution is -0.134. The van der Waals surface area contributed by atoms with Gasteiger partial charge in [-0.3, -0.25) is 0 Å². The zero-order valence-electron chi connectivity index (χ0n) is 19.7. The van der Waals surface area contributed by atoms with Gasteiger partial charge in [-0.05, 0) is 37.1 Å². The molecule has 2 aromatic carbocycles. The van der Waals surface area contributed by atoms with Crippen molar-refractivity contribution in [2.24, 2.45) is 0 Å². The standard InChI is InChI=1S/C25H25N3O3.C2H6/c1-26-20-14-5-3-4-6-16(14)28-21-15(20)12-25(29)18-11-13-7-8-17(30-2)22-19(13)24(25,9-10-27-18)23(21)31-22;1-2/h3-8,18,23,27,29H,9-12H2,1-2H3,(H,26,28);1-2H3/t18-,23?,24+,25?;/m1./s1. The van der Waals surface area contributed by atoms with Crippen LogP contribution >= 0.6 is 0 Å². The largest absolute Gasteiger partial charge is 0.493 e. The number of hydrogen-bond acceptors (Lipinski definition) is 6. The third kappa shape index (κ3) is 2.33. The number of ether oxygens (including phenoxy) is 2. The first-order valence-corrected chi connectivity index (χ1v) is 12.0. The Morgan fingerprint density at radius 3 is 2.82 bits per heavy atom. The van der Waals surface area contributed by atoms with Crippen LogP contribution < -0.4 is 20.1 Å². The molecular formula is C27H31N3O3. The van der Waals surface area contributed by atoms with Gasteiger partial charge in [-0.2, -0.15) is 0 Å². The fourth-order valence-electron chi connectivity index (χ4n) is 6.98. The second kappa shape index (κ2) is 7.08. The van der Waals surface area contributed by atoms with E-state index < -0.39 is 11.0 Å². The maximum atomic E-state index is 12.5. The SMILES string of the molecule is CC.CNc1c2c(nc3ccccc13)C1Oc3c(OC)ccc4c3[C@@]13CCN[C@H](C4)C3(O)C2. The predicted molar refractivity (Wildman–Crippen MR) is 129 cm³/mol. The molecule has 2 bridgehead atoms. The normalized spacial score (nSPS) is 29.8. The van der Waals surface area contributed by atoms with E-state index in [0.717, 1.165) is 64.3 Å². The average molecular weight is 446 g/mol. The Hall–Kier alpha value is -2.83. The molecule has 33 heavy (non-hydrogen) atoms. The fraction of sp³-hybridized carbons (Fsp3) is 0.444. The van der Waals surface area contributed by atoms with Crippen LogP contribution in [0.1, 0.15) is 48.8 Å². The minimum absolute atomic E-state index is 0.0245. The number of benzene rings is 2. The summed E-state index contributed by atoms with van der Waals surface area (Å²) in [6.45, 7) is 4.85. The van der Waals surface area contributed by atoms with Gasteiger partial charge in [0.15, 0.2) is 17.6 Å². The summed E-state index contributed by atoms with van der Waals surface area (Å²) in [4.78, 5) is 5.13. The quantitative estimate of drug-likeness (QED) is 0.556. The minimum Gasteiger partial charge on any atom is -0.493 e. The first-order chi connectivity index (χ1) is 16.1. The Kier molecular flexibility index (Phi) is 4.45. The molecule has 2 aliphatic carbocycles. The topological polar surface area (TPSA) is 75.6 Å². The van der Waals surface area contributed by atoms with Gasteiger partial charge >= 0.3 is 0 Å². The van der Waals surface area contributed by atoms with Gasteiger partial charge in [0.25, 0.3) is 0 Å². The highest BCUT2D eigenvalue weighted by atomic mass is 16.5. The number of rotatable bonds is 2. The van der Waals surface area contributed by atoms with Crippen molar-refractivity contribution in [2.75, 3.05) is 26.0 Å². The molecule has 2 aliphatic heterocycles. The van der Waals surface area contributed by atoms with Crippen LogP contribution in [-0.4, -0.2) is 42.4 Å². The highest BCUT2D eigenvalue weighted by Gasteiger charge is 2.71. The Balaban J connectivity index is 0.00000101. The van der Waals surface area contributed by atoms with Crippen LogP contribution in [0.25, 0.3) is 10.9 Å². The average Bonchev–Trinajstić information content (AvgIpc) is 3.19. The van der Waals surface area contributed by atoms with Gasteiger partial charge in [0, 0.05) is 41.7 Å². The third-order valence-electron chi connectivity index (χ3n) is 8.21. The lowest BCUT2D eigenvalue weighted by Gasteiger charge is -2.60. The van der Waals surface area contributed by atoms with Crippen molar-refractivity contribution in [3.05, 3.63) is 58.8 Å². The van der Waals surface area contributed by atoms with Crippen LogP contribution in [0.2, 0.25) is 0 Å². The van der Waals surface area contributed by atoms with Crippen molar-refractivity contribution in [1.29, 1.82) is 0 Å². The summed E-state index contributed by atoms with van der Waals surface area (Å²) in [6.07, 6.45) is 1.80. The molecule has 3 heterocycles. The number of hydrogen-bond donors (Lipinski definition) is 3. The van der Waals surface area contributed by atoms with E-state index in [-0.39, 0.29) is 12.1 Å². The number of methoxy groups -OCH3 is 1. The maximum absolute atomic E-state index is 12.5. The second-order valence-electron chi connectivity index (χ2n) is 9.28. The van der Waals surface area contributed by atoms with Crippen molar-refractivity contribution in [3.63, 3.8) is 0 Å². The van der Waals surface area contributed by atoms with Crippen molar-refractivity contribution in [2.45, 2.75) is 56.3 Å². The highest BCUT2D eigenvalue weighted by molar-refractivity contribution is 5.94. The van der Waals surface area contributed by atoms with E-state index in [2.05, 4.69) is 28.8 Å². The maximum Gasteiger partial charge on any atom is 0.166 e. The monoisotopic (exact) mass is 445 g/mol. The van der Waals surface area contributed by atoms with Crippen molar-refractivity contribution in [1.82, 2.24) is 10.3 Å². The number of para-hydroxylation sites is 1. The molecule has 172 valence electrons. The number of nitrogens with one attached hydrogen (secondary N) is 2. The Morgan fingerprint density at radius 2 is 2.03 bits per heavy atom. The third-order valence-corrected chi connectivity index (χ3v) is 8.21. The molecule has 3 N–H and O–H groups in total. The molecule has 7 rings (SSSR count). The van der Waals surface area contributed by atoms with E-state index in [9.17, 15) is 5.11 Å². The molecule has 4 aliphatic rings. The molecule has 1 saturated heterocycles. The Labute approximate surface area is 194 Å². The van der Waals surface area contributed by atoms with E-state index in [1.54, 1.807) is 7.11 Å². The van der Waals surface area contributed by atoms with E-state index in [1.165, 1.54) is 5.56 Å². The summed E-state index contributed by atoms with van der Waals surface area (Å²) in [5, 5.41) is 20.6. The number of aromatic nitrogens is 1. The number of piperidine rings is 1. The van der Waals surface area contributed by atoms with Gasteiger partial charge in [-0.25, -0.2) is 4.98 Å². The number of pyridine rings is 1. The van der Waals surface area contributed by atoms with Crippen LogP contribution in [0.4, 0.5) is 5.69 Å². The molecule has 6 nitrogen and oxygen atoms in total. The Bertz CT molecular complexity index is 1280. The molecule has 1 fully saturated rings. The molecule has 0 radical (unpaired) electrons. The van der Waals surface area contributed by atoms with Crippen LogP contribution in [0, 0.1) is 0 Å². The number of nitrogens with zero attached hydrogens (tertiary/aromatic N) is 1. The van der Waals surface area contributed by atoms with Crippen molar-refractivity contribution < 1.29 is 14.6 Å². The molecular weight excluding hydrogens is 414 g/mol. The lowest BCUT2D eigenvalue weighted by atomic mass is 9.49. The first-order valence-electron chi connectivity index (χ1n) is 12.0. The highest BCUT2D eigenvalue weighted by Crippen LogP contribution is 2.68. The van der Waals surface area contributed by atoms with Gasteiger partial charge in [0.1, 0.15) is 0 Å². The summed E-state index contributed by atoms with van der Waals surface area (Å²) >= 11 is 0. The van der Waals surface area contributed by atoms with Gasteiger partial charge in [-0.15, -0.1) is 0 Å². The number of aliphatic hydroxyl groups is 1. The fourth-order valence-corrected chi connectivity index (χ4v) is 6.98. The lowest BCUT2D eigenvalue weighted by Crippen LogP contribution is -2.74. The number of anilines is 1. The summed E-state index contributed by atoms with van der Waals surface area (Å²) in [5.74, 6) is 1.52. The van der Waals surface area contributed by atoms with Gasteiger partial charge in [0.2, 0.25) is 0 Å². The van der Waals surface area contributed by atoms with Crippen LogP contribution in [-0.2, 0) is 18.3 Å². The first kappa shape index (κ1) is 20.8. The summed E-state index contributed by atoms with van der Waals surface area (Å²) < 4.78 is 12.4. The zero-order chi connectivity index (χ0) is 23.0. The van der Waals surface area contributed by atoms with E-state index in [4.69, 9.17) is 14.5 Å². The van der Waals surface area contributed by atoms with Crippen LogP contribution in [0.3, 0.4) is 0 Å². The minimum atomic E-state index is -0.955. The van der Waals surface area contributed by atoms with Crippen LogP contribution in [0.15, 0.2) is 36.4 Å². The van der Waals surface area contributed by atoms with Crippen molar-refractivity contribution in [3.8, 4) is 11.5 Å². The molecule has 0 saturated carbocycles. The summed E-state index contributed by atoms with van der Waals surface area (Å²) in [6, 6.07) is 12.3. The van der Waals surface area contributed by atoms with Gasteiger partial charge < -0.3 is 25.2 Å². The van der Waals surface area contributed by atoms with Gasteiger partial charge in [0.05, 0.1) is 29.3 Å². The second-order valence-corrected chi connectivity index (χ2v) is 9.28. The molecule has 4 atom stereocenters. The molecule has 2 unspecified atom stereocenters. The van der Waals surface area contributed by atoms with Crippen molar-refractivity contribution >= 4 is 16.6 Å². The summed E-state index contributed by atoms with van der Waals surface area (Å²) in [5.41, 5.74) is 4.91. The smallest absolute Gasteiger partial charge is 0.166 e. The molecule has 1 aromatic heterocycles. The predicted octanol–water partition coefficient (Wildman–Crippen LogP) is 3.89. The zero-order valence-corrected chi connectivity index (χ0v) is 19.7. The Morgan fingerprint density at radius 1 is 1.21 bits per heavy atom. The summed E-state index contributed by atoms with van der Waals surface area (Å²) in [7, 11) is 3.63. The molecule has 0 amide bonds. The van der Waals surface area contributed by atoms with E-state index in [1.807, 2.05) is 39.1 Å². The molecule has 6 heteroatoms. The van der Waals surface area contributed by atoms with Gasteiger partial charge in [-0.1, -0.05) is 38.1 Å². The molecule has 1 spiro atoms. The van der Waals surface area contributed by atoms with E-state index in [0.29, 0.717) is 6.42 Å². The molecule has 3 aromatic rings. The van der Waals surface area contributed by atoms with Crippen LogP contribution in [0.5, 0.6) is 11.5 Å².